The molecule has 0 amide bonds. The summed E-state index contributed by atoms with van der Waals surface area (Å²) in [5.74, 6) is 0. The van der Waals surface area contributed by atoms with Gasteiger partial charge in [0.2, 0.25) is 5.52 Å². The first kappa shape index (κ1) is 12.0. The monoisotopic (exact) mass is 252 g/mol. The second kappa shape index (κ2) is 4.09. The third-order valence-electron chi connectivity index (χ3n) is 2.79. The van der Waals surface area contributed by atoms with Crippen molar-refractivity contribution in [3.05, 3.63) is 35.9 Å². The molecular weight excluding hydrogens is 238 g/mol. The molecule has 5 heteroatoms. The number of fused-ring (bicyclic) bond motifs is 1. The minimum Gasteiger partial charge on any atom is -0.277 e. The summed E-state index contributed by atoms with van der Waals surface area (Å²) in [5, 5.41) is 0.890. The second-order valence-electron chi connectivity index (χ2n) is 3.90. The van der Waals surface area contributed by atoms with E-state index in [1.165, 1.54) is 6.07 Å². The molecule has 0 aliphatic carbocycles. The lowest BCUT2D eigenvalue weighted by Gasteiger charge is -2.05. The van der Waals surface area contributed by atoms with Crippen LogP contribution in [0.4, 0.5) is 0 Å². The van der Waals surface area contributed by atoms with E-state index in [1.54, 1.807) is 10.6 Å². The molecule has 0 aliphatic rings. The van der Waals surface area contributed by atoms with Gasteiger partial charge in [-0.3, -0.25) is 4.55 Å². The van der Waals surface area contributed by atoms with E-state index in [9.17, 15) is 13.0 Å². The van der Waals surface area contributed by atoms with Crippen LogP contribution >= 0.6 is 0 Å². The predicted octanol–water partition coefficient (Wildman–Crippen LogP) is 1.70. The standard InChI is InChI=1S/C12H13NO3S/c1-3-13-11(17(14,15)16)8-7-10-6-4-5-9(2)12(10)13/h4-8H,3H2,1-2H3/p+1. The molecule has 1 heterocycles. The number of aryl methyl sites for hydroxylation is 2. The Morgan fingerprint density at radius 1 is 1.24 bits per heavy atom. The molecule has 0 atom stereocenters. The maximum atomic E-state index is 11.3. The smallest absolute Gasteiger partial charge is 0.277 e. The zero-order valence-electron chi connectivity index (χ0n) is 9.71. The number of rotatable bonds is 2. The van der Waals surface area contributed by atoms with Gasteiger partial charge in [-0.2, -0.15) is 13.0 Å². The van der Waals surface area contributed by atoms with Crippen molar-refractivity contribution in [1.82, 2.24) is 0 Å². The van der Waals surface area contributed by atoms with Gasteiger partial charge < -0.3 is 0 Å². The van der Waals surface area contributed by atoms with Gasteiger partial charge in [0.25, 0.3) is 0 Å². The van der Waals surface area contributed by atoms with E-state index >= 15 is 0 Å². The lowest BCUT2D eigenvalue weighted by molar-refractivity contribution is -0.706. The van der Waals surface area contributed by atoms with Crippen LogP contribution in [0.2, 0.25) is 0 Å². The Bertz CT molecular complexity index is 677. The molecule has 2 aromatic rings. The van der Waals surface area contributed by atoms with E-state index < -0.39 is 10.1 Å². The topological polar surface area (TPSA) is 58.2 Å². The highest BCUT2D eigenvalue weighted by Gasteiger charge is 2.25. The van der Waals surface area contributed by atoms with E-state index in [0.29, 0.717) is 6.54 Å². The number of nitrogens with zero attached hydrogens (tertiary/aromatic N) is 1. The zero-order chi connectivity index (χ0) is 12.6. The maximum Gasteiger partial charge on any atom is 0.355 e. The van der Waals surface area contributed by atoms with Crippen molar-refractivity contribution in [2.24, 2.45) is 0 Å². The van der Waals surface area contributed by atoms with Gasteiger partial charge >= 0.3 is 15.1 Å². The van der Waals surface area contributed by atoms with Gasteiger partial charge in [0, 0.05) is 17.0 Å². The summed E-state index contributed by atoms with van der Waals surface area (Å²) < 4.78 is 33.4. The Kier molecular flexibility index (Phi) is 2.89. The SMILES string of the molecule is CC[n+]1c(S(=O)(=O)O)ccc2cccc(C)c21. The van der Waals surface area contributed by atoms with Gasteiger partial charge in [-0.1, -0.05) is 12.1 Å². The van der Waals surface area contributed by atoms with E-state index in [4.69, 9.17) is 0 Å². The number of pyridine rings is 1. The molecule has 0 unspecified atom stereocenters. The third kappa shape index (κ3) is 2.03. The average Bonchev–Trinajstić information content (AvgIpc) is 2.26. The number of hydrogen-bond acceptors (Lipinski definition) is 2. The molecule has 0 spiro atoms. The molecule has 0 aliphatic heterocycles. The van der Waals surface area contributed by atoms with Crippen molar-refractivity contribution in [1.29, 1.82) is 0 Å². The maximum absolute atomic E-state index is 11.3. The van der Waals surface area contributed by atoms with Gasteiger partial charge in [-0.05, 0) is 26.0 Å². The molecule has 2 rings (SSSR count). The van der Waals surface area contributed by atoms with E-state index in [2.05, 4.69) is 0 Å². The third-order valence-corrected chi connectivity index (χ3v) is 3.68. The summed E-state index contributed by atoms with van der Waals surface area (Å²) in [7, 11) is -4.19. The molecule has 0 saturated carbocycles. The largest absolute Gasteiger partial charge is 0.355 e. The van der Waals surface area contributed by atoms with Gasteiger partial charge in [0.1, 0.15) is 6.54 Å². The molecule has 1 N–H and O–H groups in total. The predicted molar refractivity (Wildman–Crippen MR) is 64.4 cm³/mol. The molecule has 1 aromatic heterocycles. The van der Waals surface area contributed by atoms with Crippen molar-refractivity contribution in [3.8, 4) is 0 Å². The average molecular weight is 252 g/mol. The van der Waals surface area contributed by atoms with Crippen molar-refractivity contribution in [3.63, 3.8) is 0 Å². The van der Waals surface area contributed by atoms with Crippen molar-refractivity contribution in [2.75, 3.05) is 0 Å². The first-order valence-corrected chi connectivity index (χ1v) is 6.79. The lowest BCUT2D eigenvalue weighted by Crippen LogP contribution is -2.40. The fourth-order valence-corrected chi connectivity index (χ4v) is 2.82. The van der Waals surface area contributed by atoms with E-state index in [-0.39, 0.29) is 5.03 Å². The summed E-state index contributed by atoms with van der Waals surface area (Å²) in [6.45, 7) is 4.25. The van der Waals surface area contributed by atoms with Crippen LogP contribution in [0.1, 0.15) is 12.5 Å². The minimum absolute atomic E-state index is 0.0678. The van der Waals surface area contributed by atoms with Crippen LogP contribution in [-0.4, -0.2) is 13.0 Å². The Morgan fingerprint density at radius 3 is 2.53 bits per heavy atom. The summed E-state index contributed by atoms with van der Waals surface area (Å²) in [6.07, 6.45) is 0. The molecule has 0 saturated heterocycles. The quantitative estimate of drug-likeness (QED) is 0.653. The Morgan fingerprint density at radius 2 is 1.94 bits per heavy atom. The number of aromatic nitrogens is 1. The fraction of sp³-hybridized carbons (Fsp3) is 0.250. The lowest BCUT2D eigenvalue weighted by atomic mass is 10.1. The number of hydrogen-bond donors (Lipinski definition) is 1. The highest BCUT2D eigenvalue weighted by Crippen LogP contribution is 2.17. The highest BCUT2D eigenvalue weighted by molar-refractivity contribution is 7.85. The molecule has 90 valence electrons. The van der Waals surface area contributed by atoms with Crippen LogP contribution in [0.5, 0.6) is 0 Å². The molecule has 1 aromatic carbocycles. The molecule has 0 radical (unpaired) electrons. The normalized spacial score (nSPS) is 11.9. The molecule has 17 heavy (non-hydrogen) atoms. The molecule has 0 bridgehead atoms. The molecule has 4 nitrogen and oxygen atoms in total. The highest BCUT2D eigenvalue weighted by atomic mass is 32.2. The van der Waals surface area contributed by atoms with Crippen LogP contribution in [-0.2, 0) is 16.7 Å². The van der Waals surface area contributed by atoms with Crippen molar-refractivity contribution >= 4 is 21.0 Å². The Hall–Kier alpha value is -1.46. The summed E-state index contributed by atoms with van der Waals surface area (Å²) in [6, 6.07) is 8.90. The summed E-state index contributed by atoms with van der Waals surface area (Å²) in [4.78, 5) is 0. The fourth-order valence-electron chi connectivity index (χ4n) is 2.09. The van der Waals surface area contributed by atoms with E-state index in [0.717, 1.165) is 16.5 Å². The van der Waals surface area contributed by atoms with Crippen LogP contribution in [0, 0.1) is 6.92 Å². The van der Waals surface area contributed by atoms with Crippen molar-refractivity contribution < 1.29 is 17.5 Å². The second-order valence-corrected chi connectivity index (χ2v) is 5.27. The first-order chi connectivity index (χ1) is 7.95. The van der Waals surface area contributed by atoms with Gasteiger partial charge in [-0.15, -0.1) is 0 Å². The Labute approximate surface area is 100 Å². The molecule has 0 fully saturated rings. The van der Waals surface area contributed by atoms with Gasteiger partial charge in [0.05, 0.1) is 0 Å². The van der Waals surface area contributed by atoms with Crippen LogP contribution in [0.25, 0.3) is 10.9 Å². The van der Waals surface area contributed by atoms with Gasteiger partial charge in [0.15, 0.2) is 0 Å². The number of para-hydroxylation sites is 1. The van der Waals surface area contributed by atoms with Gasteiger partial charge in [-0.25, -0.2) is 0 Å². The van der Waals surface area contributed by atoms with E-state index in [1.807, 2.05) is 32.0 Å². The minimum atomic E-state index is -4.19. The Balaban J connectivity index is 2.96. The number of benzene rings is 1. The zero-order valence-corrected chi connectivity index (χ0v) is 10.5. The van der Waals surface area contributed by atoms with Crippen LogP contribution in [0.15, 0.2) is 35.4 Å². The van der Waals surface area contributed by atoms with Crippen LogP contribution < -0.4 is 4.57 Å². The van der Waals surface area contributed by atoms with Crippen LogP contribution in [0.3, 0.4) is 0 Å². The molecular formula is C12H14NO3S+. The first-order valence-electron chi connectivity index (χ1n) is 5.35. The van der Waals surface area contributed by atoms with Crippen molar-refractivity contribution in [2.45, 2.75) is 25.4 Å². The summed E-state index contributed by atoms with van der Waals surface area (Å²) >= 11 is 0. The summed E-state index contributed by atoms with van der Waals surface area (Å²) in [5.41, 5.74) is 1.82.